The molecule has 2 fully saturated rings. The summed E-state index contributed by atoms with van der Waals surface area (Å²) in [6, 6.07) is 0. The topological polar surface area (TPSA) is 58.4 Å². The molecule has 0 aromatic rings. The van der Waals surface area contributed by atoms with E-state index in [0.29, 0.717) is 18.4 Å². The van der Waals surface area contributed by atoms with E-state index in [9.17, 15) is 4.79 Å². The summed E-state index contributed by atoms with van der Waals surface area (Å²) in [5.41, 5.74) is 5.50. The van der Waals surface area contributed by atoms with Gasteiger partial charge in [-0.05, 0) is 11.8 Å². The molecule has 2 heterocycles. The Balaban J connectivity index is 1.92. The van der Waals surface area contributed by atoms with Gasteiger partial charge in [-0.2, -0.15) is 0 Å². The van der Waals surface area contributed by atoms with Gasteiger partial charge in [-0.15, -0.1) is 0 Å². The average molecular weight is 197 g/mol. The minimum Gasteiger partial charge on any atom is -0.342 e. The van der Waals surface area contributed by atoms with Gasteiger partial charge in [0.15, 0.2) is 0 Å². The molecule has 4 nitrogen and oxygen atoms in total. The fraction of sp³-hybridized carbons (Fsp3) is 0.900. The van der Waals surface area contributed by atoms with E-state index in [-0.39, 0.29) is 11.8 Å². The second-order valence-corrected chi connectivity index (χ2v) is 4.56. The van der Waals surface area contributed by atoms with Crippen molar-refractivity contribution in [2.24, 2.45) is 23.5 Å². The van der Waals surface area contributed by atoms with Crippen LogP contribution in [0.1, 0.15) is 6.92 Å². The van der Waals surface area contributed by atoms with Crippen LogP contribution in [0.5, 0.6) is 0 Å². The molecule has 0 aliphatic carbocycles. The number of amides is 1. The SMILES string of the molecule is CC(CN)C(=O)N1C[C@H]2CNC[C@H]2C1. The van der Waals surface area contributed by atoms with Crippen molar-refractivity contribution < 1.29 is 4.79 Å². The lowest BCUT2D eigenvalue weighted by atomic mass is 10.0. The molecule has 2 saturated heterocycles. The molecular weight excluding hydrogens is 178 g/mol. The monoisotopic (exact) mass is 197 g/mol. The van der Waals surface area contributed by atoms with Gasteiger partial charge in [-0.25, -0.2) is 0 Å². The lowest BCUT2D eigenvalue weighted by Gasteiger charge is -2.20. The molecule has 2 rings (SSSR count). The first-order valence-corrected chi connectivity index (χ1v) is 5.42. The molecule has 0 bridgehead atoms. The molecule has 0 saturated carbocycles. The summed E-state index contributed by atoms with van der Waals surface area (Å²) in [5, 5.41) is 3.36. The first-order chi connectivity index (χ1) is 6.72. The summed E-state index contributed by atoms with van der Waals surface area (Å²) in [6.07, 6.45) is 0. The minimum atomic E-state index is -0.0122. The van der Waals surface area contributed by atoms with E-state index >= 15 is 0 Å². The van der Waals surface area contributed by atoms with Crippen LogP contribution in [-0.2, 0) is 4.79 Å². The third kappa shape index (κ3) is 1.64. The molecule has 3 atom stereocenters. The number of carbonyl (C=O) groups excluding carboxylic acids is 1. The normalized spacial score (nSPS) is 33.1. The molecule has 0 aromatic heterocycles. The van der Waals surface area contributed by atoms with Crippen LogP contribution in [0.4, 0.5) is 0 Å². The Kier molecular flexibility index (Phi) is 2.74. The highest BCUT2D eigenvalue weighted by Crippen LogP contribution is 2.27. The van der Waals surface area contributed by atoms with Crippen LogP contribution in [0.25, 0.3) is 0 Å². The summed E-state index contributed by atoms with van der Waals surface area (Å²) in [5.74, 6) is 1.59. The number of nitrogens with two attached hydrogens (primary N) is 1. The second kappa shape index (κ2) is 3.87. The van der Waals surface area contributed by atoms with E-state index in [1.807, 2.05) is 11.8 Å². The lowest BCUT2D eigenvalue weighted by molar-refractivity contribution is -0.133. The van der Waals surface area contributed by atoms with Gasteiger partial charge >= 0.3 is 0 Å². The van der Waals surface area contributed by atoms with E-state index in [1.165, 1.54) is 0 Å². The Morgan fingerprint density at radius 2 is 2.07 bits per heavy atom. The van der Waals surface area contributed by atoms with Crippen molar-refractivity contribution in [3.63, 3.8) is 0 Å². The van der Waals surface area contributed by atoms with E-state index in [0.717, 1.165) is 26.2 Å². The number of hydrogen-bond donors (Lipinski definition) is 2. The maximum Gasteiger partial charge on any atom is 0.226 e. The van der Waals surface area contributed by atoms with Crippen molar-refractivity contribution in [2.75, 3.05) is 32.7 Å². The Morgan fingerprint density at radius 3 is 2.57 bits per heavy atom. The van der Waals surface area contributed by atoms with Gasteiger partial charge in [0, 0.05) is 38.6 Å². The quantitative estimate of drug-likeness (QED) is 0.613. The number of fused-ring (bicyclic) bond motifs is 1. The molecule has 4 heteroatoms. The zero-order valence-corrected chi connectivity index (χ0v) is 8.70. The van der Waals surface area contributed by atoms with Crippen LogP contribution >= 0.6 is 0 Å². The van der Waals surface area contributed by atoms with Crippen LogP contribution in [0.3, 0.4) is 0 Å². The van der Waals surface area contributed by atoms with Crippen LogP contribution in [0, 0.1) is 17.8 Å². The number of likely N-dealkylation sites (tertiary alicyclic amines) is 1. The van der Waals surface area contributed by atoms with Crippen molar-refractivity contribution in [3.05, 3.63) is 0 Å². The van der Waals surface area contributed by atoms with E-state index < -0.39 is 0 Å². The van der Waals surface area contributed by atoms with Gasteiger partial charge in [0.2, 0.25) is 5.91 Å². The fourth-order valence-corrected chi connectivity index (χ4v) is 2.45. The Hall–Kier alpha value is -0.610. The van der Waals surface area contributed by atoms with Crippen LogP contribution in [-0.4, -0.2) is 43.5 Å². The predicted octanol–water partition coefficient (Wildman–Crippen LogP) is -0.741. The number of hydrogen-bond acceptors (Lipinski definition) is 3. The van der Waals surface area contributed by atoms with Gasteiger partial charge in [0.05, 0.1) is 0 Å². The van der Waals surface area contributed by atoms with Crippen LogP contribution in [0.15, 0.2) is 0 Å². The zero-order chi connectivity index (χ0) is 10.1. The highest BCUT2D eigenvalue weighted by molar-refractivity contribution is 5.79. The Bertz CT molecular complexity index is 219. The van der Waals surface area contributed by atoms with Gasteiger partial charge in [0.25, 0.3) is 0 Å². The van der Waals surface area contributed by atoms with E-state index in [2.05, 4.69) is 5.32 Å². The van der Waals surface area contributed by atoms with Gasteiger partial charge in [0.1, 0.15) is 0 Å². The van der Waals surface area contributed by atoms with Crippen LogP contribution in [0.2, 0.25) is 0 Å². The fourth-order valence-electron chi connectivity index (χ4n) is 2.45. The molecule has 1 unspecified atom stereocenters. The average Bonchev–Trinajstić information content (AvgIpc) is 2.74. The van der Waals surface area contributed by atoms with Crippen molar-refractivity contribution in [3.8, 4) is 0 Å². The third-order valence-electron chi connectivity index (χ3n) is 3.48. The minimum absolute atomic E-state index is 0.0122. The molecule has 3 N–H and O–H groups in total. The predicted molar refractivity (Wildman–Crippen MR) is 54.6 cm³/mol. The van der Waals surface area contributed by atoms with E-state index in [4.69, 9.17) is 5.73 Å². The number of nitrogens with zero attached hydrogens (tertiary/aromatic N) is 1. The Morgan fingerprint density at radius 1 is 1.50 bits per heavy atom. The third-order valence-corrected chi connectivity index (χ3v) is 3.48. The molecule has 2 aliphatic rings. The summed E-state index contributed by atoms with van der Waals surface area (Å²) in [7, 11) is 0. The largest absolute Gasteiger partial charge is 0.342 e. The van der Waals surface area contributed by atoms with Crippen molar-refractivity contribution in [2.45, 2.75) is 6.92 Å². The maximum atomic E-state index is 11.8. The summed E-state index contributed by atoms with van der Waals surface area (Å²) in [6.45, 7) is 6.39. The van der Waals surface area contributed by atoms with Crippen molar-refractivity contribution >= 4 is 5.91 Å². The van der Waals surface area contributed by atoms with Gasteiger partial charge in [-0.1, -0.05) is 6.92 Å². The summed E-state index contributed by atoms with van der Waals surface area (Å²) >= 11 is 0. The Labute approximate surface area is 84.8 Å². The standard InChI is InChI=1S/C10H19N3O/c1-7(2-11)10(14)13-5-8-3-12-4-9(8)6-13/h7-9,12H,2-6,11H2,1H3/t7?,8-,9+. The molecule has 1 amide bonds. The smallest absolute Gasteiger partial charge is 0.226 e. The molecule has 80 valence electrons. The van der Waals surface area contributed by atoms with Gasteiger partial charge < -0.3 is 16.0 Å². The maximum absolute atomic E-state index is 11.8. The molecule has 14 heavy (non-hydrogen) atoms. The first-order valence-electron chi connectivity index (χ1n) is 5.42. The zero-order valence-electron chi connectivity index (χ0n) is 8.70. The molecule has 0 radical (unpaired) electrons. The number of nitrogens with one attached hydrogen (secondary N) is 1. The number of carbonyl (C=O) groups is 1. The van der Waals surface area contributed by atoms with Crippen molar-refractivity contribution in [1.82, 2.24) is 10.2 Å². The first kappa shape index (κ1) is 9.93. The highest BCUT2D eigenvalue weighted by Gasteiger charge is 2.38. The highest BCUT2D eigenvalue weighted by atomic mass is 16.2. The molecule has 0 spiro atoms. The van der Waals surface area contributed by atoms with Crippen LogP contribution < -0.4 is 11.1 Å². The van der Waals surface area contributed by atoms with E-state index in [1.54, 1.807) is 0 Å². The summed E-state index contributed by atoms with van der Waals surface area (Å²) in [4.78, 5) is 13.8. The van der Waals surface area contributed by atoms with Gasteiger partial charge in [-0.3, -0.25) is 4.79 Å². The molecule has 0 aromatic carbocycles. The molecular formula is C10H19N3O. The number of rotatable bonds is 2. The molecule has 2 aliphatic heterocycles. The van der Waals surface area contributed by atoms with Crippen molar-refractivity contribution in [1.29, 1.82) is 0 Å². The second-order valence-electron chi connectivity index (χ2n) is 4.56. The summed E-state index contributed by atoms with van der Waals surface area (Å²) < 4.78 is 0. The lowest BCUT2D eigenvalue weighted by Crippen LogP contribution is -2.38.